The molecule has 5 nitrogen and oxygen atoms in total. The normalized spacial score (nSPS) is 31.6. The average molecular weight is 450 g/mol. The number of fused-ring (bicyclic) bond motifs is 2. The van der Waals surface area contributed by atoms with E-state index in [1.165, 1.54) is 51.7 Å². The highest BCUT2D eigenvalue weighted by Gasteiger charge is 2.41. The summed E-state index contributed by atoms with van der Waals surface area (Å²) in [5.74, 6) is 1.58. The van der Waals surface area contributed by atoms with Crippen molar-refractivity contribution in [1.82, 2.24) is 15.5 Å². The summed E-state index contributed by atoms with van der Waals surface area (Å²) in [4.78, 5) is 7.44. The molecule has 0 radical (unpaired) electrons. The molecule has 0 aromatic heterocycles. The number of ether oxygens (including phenoxy) is 1. The molecule has 3 heterocycles. The van der Waals surface area contributed by atoms with E-state index < -0.39 is 0 Å². The first-order chi connectivity index (χ1) is 11.2. The topological polar surface area (TPSA) is 48.9 Å². The van der Waals surface area contributed by atoms with Crippen LogP contribution in [0.5, 0.6) is 0 Å². The maximum atomic E-state index is 5.94. The average Bonchev–Trinajstić information content (AvgIpc) is 3.16. The van der Waals surface area contributed by atoms with Crippen molar-refractivity contribution in [3.63, 3.8) is 0 Å². The smallest absolute Gasteiger partial charge is 0.191 e. The quantitative estimate of drug-likeness (QED) is 0.371. The van der Waals surface area contributed by atoms with Gasteiger partial charge in [-0.2, -0.15) is 0 Å². The highest BCUT2D eigenvalue weighted by molar-refractivity contribution is 14.0. The number of rotatable bonds is 6. The van der Waals surface area contributed by atoms with Gasteiger partial charge in [-0.3, -0.25) is 4.99 Å². The van der Waals surface area contributed by atoms with Crippen molar-refractivity contribution in [2.45, 2.75) is 70.6 Å². The van der Waals surface area contributed by atoms with Gasteiger partial charge in [0.05, 0.1) is 18.2 Å². The Morgan fingerprint density at radius 3 is 2.67 bits per heavy atom. The van der Waals surface area contributed by atoms with Gasteiger partial charge in [-0.15, -0.1) is 24.0 Å². The van der Waals surface area contributed by atoms with E-state index in [2.05, 4.69) is 29.4 Å². The van der Waals surface area contributed by atoms with Crippen molar-refractivity contribution in [3.8, 4) is 0 Å². The van der Waals surface area contributed by atoms with E-state index in [-0.39, 0.29) is 24.0 Å². The molecule has 0 aromatic carbocycles. The second-order valence-corrected chi connectivity index (χ2v) is 7.55. The van der Waals surface area contributed by atoms with E-state index in [9.17, 15) is 0 Å². The van der Waals surface area contributed by atoms with Crippen molar-refractivity contribution in [1.29, 1.82) is 0 Å². The Balaban J connectivity index is 0.00000208. The van der Waals surface area contributed by atoms with Crippen molar-refractivity contribution in [2.24, 2.45) is 10.9 Å². The Bertz CT molecular complexity index is 400. The minimum absolute atomic E-state index is 0. The molecule has 6 heteroatoms. The van der Waals surface area contributed by atoms with Crippen LogP contribution in [0.1, 0.15) is 52.4 Å². The minimum atomic E-state index is 0. The lowest BCUT2D eigenvalue weighted by Crippen LogP contribution is -2.47. The number of halogens is 1. The highest BCUT2D eigenvalue weighted by Crippen LogP contribution is 2.34. The number of nitrogens with one attached hydrogen (secondary N) is 2. The molecule has 2 N–H and O–H groups in total. The van der Waals surface area contributed by atoms with Crippen LogP contribution >= 0.6 is 24.0 Å². The Morgan fingerprint density at radius 1 is 1.25 bits per heavy atom. The molecule has 3 aliphatic heterocycles. The molecule has 0 aliphatic carbocycles. The number of hydrogen-bond donors (Lipinski definition) is 2. The second kappa shape index (κ2) is 10.2. The van der Waals surface area contributed by atoms with E-state index in [1.54, 1.807) is 0 Å². The molecule has 140 valence electrons. The van der Waals surface area contributed by atoms with Crippen LogP contribution in [0, 0.1) is 5.92 Å². The SMILES string of the molecule is CCNC(=NCC(C)CN1CCCCC1)NC1CC2CCC1O2.I. The Hall–Kier alpha value is -0.0800. The van der Waals surface area contributed by atoms with Crippen LogP contribution in [0.4, 0.5) is 0 Å². The zero-order valence-corrected chi connectivity index (χ0v) is 17.6. The predicted octanol–water partition coefficient (Wildman–Crippen LogP) is 2.60. The molecule has 4 unspecified atom stereocenters. The number of nitrogens with zero attached hydrogens (tertiary/aromatic N) is 2. The van der Waals surface area contributed by atoms with E-state index in [0.717, 1.165) is 25.5 Å². The van der Waals surface area contributed by atoms with Crippen LogP contribution in [-0.2, 0) is 4.74 Å². The number of guanidine groups is 1. The first kappa shape index (κ1) is 20.2. The maximum absolute atomic E-state index is 5.94. The third kappa shape index (κ3) is 5.73. The fraction of sp³-hybridized carbons (Fsp3) is 0.944. The fourth-order valence-corrected chi connectivity index (χ4v) is 4.17. The van der Waals surface area contributed by atoms with Crippen LogP contribution in [0.25, 0.3) is 0 Å². The Kier molecular flexibility index (Phi) is 8.57. The summed E-state index contributed by atoms with van der Waals surface area (Å²) >= 11 is 0. The zero-order valence-electron chi connectivity index (χ0n) is 15.3. The second-order valence-electron chi connectivity index (χ2n) is 7.55. The van der Waals surface area contributed by atoms with Crippen LogP contribution < -0.4 is 10.6 Å². The van der Waals surface area contributed by atoms with E-state index >= 15 is 0 Å². The number of likely N-dealkylation sites (tertiary alicyclic amines) is 1. The molecular formula is C18H35IN4O. The molecule has 3 saturated heterocycles. The van der Waals surface area contributed by atoms with Gasteiger partial charge in [-0.25, -0.2) is 0 Å². The van der Waals surface area contributed by atoms with Crippen LogP contribution in [0.3, 0.4) is 0 Å². The molecular weight excluding hydrogens is 415 g/mol. The summed E-state index contributed by atoms with van der Waals surface area (Å²) in [5.41, 5.74) is 0. The number of aliphatic imine (C=N–C) groups is 1. The molecule has 0 spiro atoms. The van der Waals surface area contributed by atoms with Crippen molar-refractivity contribution >= 4 is 29.9 Å². The minimum Gasteiger partial charge on any atom is -0.373 e. The summed E-state index contributed by atoms with van der Waals surface area (Å²) in [6, 6.07) is 0.448. The van der Waals surface area contributed by atoms with Gasteiger partial charge in [0.2, 0.25) is 0 Å². The molecule has 24 heavy (non-hydrogen) atoms. The molecule has 3 fully saturated rings. The summed E-state index contributed by atoms with van der Waals surface area (Å²) in [6.45, 7) is 9.99. The fourth-order valence-electron chi connectivity index (χ4n) is 4.17. The van der Waals surface area contributed by atoms with Gasteiger partial charge in [0.15, 0.2) is 5.96 Å². The van der Waals surface area contributed by atoms with Crippen molar-refractivity contribution in [3.05, 3.63) is 0 Å². The summed E-state index contributed by atoms with van der Waals surface area (Å²) < 4.78 is 5.94. The predicted molar refractivity (Wildman–Crippen MR) is 110 cm³/mol. The number of hydrogen-bond acceptors (Lipinski definition) is 3. The van der Waals surface area contributed by atoms with Gasteiger partial charge in [0.1, 0.15) is 0 Å². The lowest BCUT2D eigenvalue weighted by molar-refractivity contribution is 0.0992. The summed E-state index contributed by atoms with van der Waals surface area (Å²) in [7, 11) is 0. The molecule has 2 bridgehead atoms. The monoisotopic (exact) mass is 450 g/mol. The summed E-state index contributed by atoms with van der Waals surface area (Å²) in [5, 5.41) is 7.01. The van der Waals surface area contributed by atoms with Crippen LogP contribution in [0.2, 0.25) is 0 Å². The maximum Gasteiger partial charge on any atom is 0.191 e. The van der Waals surface area contributed by atoms with Gasteiger partial charge in [-0.05, 0) is 58.0 Å². The van der Waals surface area contributed by atoms with Crippen LogP contribution in [-0.4, -0.2) is 61.8 Å². The molecule has 4 atom stereocenters. The summed E-state index contributed by atoms with van der Waals surface area (Å²) in [6.07, 6.45) is 8.60. The standard InChI is InChI=1S/C18H34N4O.HI/c1-3-19-18(21-16-11-15-7-8-17(16)23-15)20-12-14(2)13-22-9-5-4-6-10-22;/h14-17H,3-13H2,1-2H3,(H2,19,20,21);1H. The van der Waals surface area contributed by atoms with Gasteiger partial charge >= 0.3 is 0 Å². The lowest BCUT2D eigenvalue weighted by atomic mass is 9.96. The largest absolute Gasteiger partial charge is 0.373 e. The Morgan fingerprint density at radius 2 is 2.04 bits per heavy atom. The Labute approximate surface area is 164 Å². The molecule has 0 amide bonds. The highest BCUT2D eigenvalue weighted by atomic mass is 127. The van der Waals surface area contributed by atoms with Gasteiger partial charge in [0.25, 0.3) is 0 Å². The molecule has 3 rings (SSSR count). The molecule has 0 aromatic rings. The van der Waals surface area contributed by atoms with Gasteiger partial charge in [-0.1, -0.05) is 13.3 Å². The van der Waals surface area contributed by atoms with E-state index in [0.29, 0.717) is 24.2 Å². The van der Waals surface area contributed by atoms with Crippen molar-refractivity contribution in [2.75, 3.05) is 32.7 Å². The van der Waals surface area contributed by atoms with Gasteiger partial charge in [0, 0.05) is 19.6 Å². The van der Waals surface area contributed by atoms with E-state index in [4.69, 9.17) is 9.73 Å². The molecule has 3 aliphatic rings. The lowest BCUT2D eigenvalue weighted by Gasteiger charge is -2.28. The zero-order chi connectivity index (χ0) is 16.1. The first-order valence-electron chi connectivity index (χ1n) is 9.67. The van der Waals surface area contributed by atoms with Crippen molar-refractivity contribution < 1.29 is 4.74 Å². The third-order valence-corrected chi connectivity index (χ3v) is 5.35. The van der Waals surface area contributed by atoms with Crippen LogP contribution in [0.15, 0.2) is 4.99 Å². The van der Waals surface area contributed by atoms with E-state index in [1.807, 2.05) is 0 Å². The third-order valence-electron chi connectivity index (χ3n) is 5.35. The number of piperidine rings is 1. The van der Waals surface area contributed by atoms with Gasteiger partial charge < -0.3 is 20.3 Å². The molecule has 0 saturated carbocycles. The first-order valence-corrected chi connectivity index (χ1v) is 9.67.